The van der Waals surface area contributed by atoms with E-state index < -0.39 is 0 Å². The standard InChI is InChI=1S/C20H32/c1-15-8-6-10-16(2)12-13-18-19(20(18,4)5)14-17(3)11-7-9-15/h9-10,14,18-19H,6-8,11-13H2,1-5H3/b15-9+,16-10+,17-14+/t18?,19-/m1/s1. The van der Waals surface area contributed by atoms with E-state index in [0.29, 0.717) is 5.41 Å². The lowest BCUT2D eigenvalue weighted by Gasteiger charge is -2.05. The van der Waals surface area contributed by atoms with Crippen LogP contribution in [0.1, 0.15) is 73.1 Å². The van der Waals surface area contributed by atoms with Gasteiger partial charge < -0.3 is 0 Å². The fraction of sp³-hybridized carbons (Fsp3) is 0.700. The van der Waals surface area contributed by atoms with E-state index in [-0.39, 0.29) is 0 Å². The Morgan fingerprint density at radius 2 is 1.40 bits per heavy atom. The molecule has 0 heterocycles. The molecule has 0 aliphatic heterocycles. The average Bonchev–Trinajstić information content (AvgIpc) is 2.86. The van der Waals surface area contributed by atoms with Crippen molar-refractivity contribution in [1.29, 1.82) is 0 Å². The Hall–Kier alpha value is -0.780. The molecule has 1 fully saturated rings. The first-order valence-corrected chi connectivity index (χ1v) is 8.40. The summed E-state index contributed by atoms with van der Waals surface area (Å²) in [6.45, 7) is 11.8. The number of rotatable bonds is 0. The summed E-state index contributed by atoms with van der Waals surface area (Å²) >= 11 is 0. The Kier molecular flexibility index (Phi) is 4.94. The van der Waals surface area contributed by atoms with Crippen molar-refractivity contribution in [3.05, 3.63) is 34.9 Å². The Balaban J connectivity index is 2.09. The minimum atomic E-state index is 0.535. The van der Waals surface area contributed by atoms with Gasteiger partial charge in [-0.2, -0.15) is 0 Å². The van der Waals surface area contributed by atoms with Crippen molar-refractivity contribution in [1.82, 2.24) is 0 Å². The van der Waals surface area contributed by atoms with Crippen molar-refractivity contribution in [2.45, 2.75) is 73.1 Å². The highest BCUT2D eigenvalue weighted by molar-refractivity contribution is 5.19. The number of fused-ring (bicyclic) bond motifs is 1. The molecule has 0 amide bonds. The van der Waals surface area contributed by atoms with Crippen LogP contribution in [-0.4, -0.2) is 0 Å². The van der Waals surface area contributed by atoms with Crippen LogP contribution in [0.15, 0.2) is 34.9 Å². The summed E-state index contributed by atoms with van der Waals surface area (Å²) in [5, 5.41) is 0. The molecule has 0 spiro atoms. The SMILES string of the molecule is C/C1=C\CC/C(C)=C/[C@@H]2C(CC/C(C)=C/CC1)C2(C)C. The van der Waals surface area contributed by atoms with Crippen LogP contribution in [0, 0.1) is 17.3 Å². The Labute approximate surface area is 126 Å². The molecule has 0 saturated heterocycles. The molecular formula is C20H32. The van der Waals surface area contributed by atoms with Crippen LogP contribution < -0.4 is 0 Å². The molecule has 0 N–H and O–H groups in total. The molecule has 2 aliphatic carbocycles. The van der Waals surface area contributed by atoms with Crippen molar-refractivity contribution < 1.29 is 0 Å². The maximum atomic E-state index is 2.58. The monoisotopic (exact) mass is 272 g/mol. The van der Waals surface area contributed by atoms with E-state index in [0.717, 1.165) is 11.8 Å². The molecule has 0 aromatic carbocycles. The second-order valence-corrected chi connectivity index (χ2v) is 7.68. The lowest BCUT2D eigenvalue weighted by atomic mass is 10.0. The van der Waals surface area contributed by atoms with Gasteiger partial charge in [0.1, 0.15) is 0 Å². The van der Waals surface area contributed by atoms with E-state index in [9.17, 15) is 0 Å². The van der Waals surface area contributed by atoms with Crippen LogP contribution in [0.25, 0.3) is 0 Å². The molecule has 1 unspecified atom stereocenters. The molecule has 0 radical (unpaired) electrons. The van der Waals surface area contributed by atoms with Gasteiger partial charge in [-0.1, -0.05) is 48.8 Å². The Morgan fingerprint density at radius 1 is 0.850 bits per heavy atom. The van der Waals surface area contributed by atoms with Crippen molar-refractivity contribution in [2.24, 2.45) is 17.3 Å². The van der Waals surface area contributed by atoms with Gasteiger partial charge in [0.15, 0.2) is 0 Å². The van der Waals surface area contributed by atoms with E-state index in [1.54, 1.807) is 16.7 Å². The number of allylic oxidation sites excluding steroid dienone is 6. The van der Waals surface area contributed by atoms with Crippen LogP contribution >= 0.6 is 0 Å². The van der Waals surface area contributed by atoms with Crippen LogP contribution in [0.4, 0.5) is 0 Å². The molecule has 0 heteroatoms. The number of hydrogen-bond acceptors (Lipinski definition) is 0. The van der Waals surface area contributed by atoms with E-state index in [4.69, 9.17) is 0 Å². The molecular weight excluding hydrogens is 240 g/mol. The molecule has 0 aromatic heterocycles. The van der Waals surface area contributed by atoms with Gasteiger partial charge >= 0.3 is 0 Å². The molecule has 1 saturated carbocycles. The van der Waals surface area contributed by atoms with Crippen molar-refractivity contribution in [2.75, 3.05) is 0 Å². The van der Waals surface area contributed by atoms with Crippen LogP contribution in [-0.2, 0) is 0 Å². The third-order valence-corrected chi connectivity index (χ3v) is 5.52. The average molecular weight is 272 g/mol. The van der Waals surface area contributed by atoms with Gasteiger partial charge in [0.2, 0.25) is 0 Å². The molecule has 0 nitrogen and oxygen atoms in total. The predicted octanol–water partition coefficient (Wildman–Crippen LogP) is 6.45. The molecule has 0 aromatic rings. The van der Waals surface area contributed by atoms with E-state index in [1.165, 1.54) is 38.5 Å². The first-order chi connectivity index (χ1) is 9.41. The second kappa shape index (κ2) is 6.33. The third kappa shape index (κ3) is 3.87. The summed E-state index contributed by atoms with van der Waals surface area (Å²) < 4.78 is 0. The van der Waals surface area contributed by atoms with E-state index in [1.807, 2.05) is 0 Å². The zero-order valence-corrected chi connectivity index (χ0v) is 14.1. The van der Waals surface area contributed by atoms with Gasteiger partial charge in [0.25, 0.3) is 0 Å². The predicted molar refractivity (Wildman–Crippen MR) is 89.7 cm³/mol. The van der Waals surface area contributed by atoms with Gasteiger partial charge in [-0.3, -0.25) is 0 Å². The summed E-state index contributed by atoms with van der Waals surface area (Å²) in [7, 11) is 0. The lowest BCUT2D eigenvalue weighted by Crippen LogP contribution is -1.91. The summed E-state index contributed by atoms with van der Waals surface area (Å²) in [4.78, 5) is 0. The zero-order valence-electron chi connectivity index (χ0n) is 14.1. The highest BCUT2D eigenvalue weighted by Gasteiger charge is 2.55. The fourth-order valence-electron chi connectivity index (χ4n) is 3.74. The topological polar surface area (TPSA) is 0 Å². The maximum absolute atomic E-state index is 2.58. The Bertz CT molecular complexity index is 431. The molecule has 2 rings (SSSR count). The molecule has 20 heavy (non-hydrogen) atoms. The van der Waals surface area contributed by atoms with Gasteiger partial charge in [-0.05, 0) is 76.5 Å². The van der Waals surface area contributed by atoms with Gasteiger partial charge in [0, 0.05) is 0 Å². The first kappa shape index (κ1) is 15.6. The van der Waals surface area contributed by atoms with Gasteiger partial charge in [0.05, 0.1) is 0 Å². The highest BCUT2D eigenvalue weighted by atomic mass is 14.6. The highest BCUT2D eigenvalue weighted by Crippen LogP contribution is 2.61. The smallest absolute Gasteiger partial charge is 0.0143 e. The fourth-order valence-corrected chi connectivity index (χ4v) is 3.74. The van der Waals surface area contributed by atoms with E-state index in [2.05, 4.69) is 52.8 Å². The first-order valence-electron chi connectivity index (χ1n) is 8.40. The van der Waals surface area contributed by atoms with Gasteiger partial charge in [-0.25, -0.2) is 0 Å². The number of hydrogen-bond donors (Lipinski definition) is 0. The van der Waals surface area contributed by atoms with Gasteiger partial charge in [-0.15, -0.1) is 0 Å². The summed E-state index contributed by atoms with van der Waals surface area (Å²) in [6, 6.07) is 0. The summed E-state index contributed by atoms with van der Waals surface area (Å²) in [6.07, 6.45) is 15.1. The largest absolute Gasteiger partial charge is 0.0853 e. The summed E-state index contributed by atoms with van der Waals surface area (Å²) in [5.41, 5.74) is 5.28. The molecule has 2 aliphatic rings. The van der Waals surface area contributed by atoms with Crippen molar-refractivity contribution >= 4 is 0 Å². The molecule has 0 bridgehead atoms. The second-order valence-electron chi connectivity index (χ2n) is 7.68. The third-order valence-electron chi connectivity index (χ3n) is 5.52. The molecule has 2 atom stereocenters. The van der Waals surface area contributed by atoms with E-state index >= 15 is 0 Å². The minimum Gasteiger partial charge on any atom is -0.0853 e. The molecule has 112 valence electrons. The summed E-state index contributed by atoms with van der Waals surface area (Å²) in [5.74, 6) is 1.73. The van der Waals surface area contributed by atoms with Crippen LogP contribution in [0.2, 0.25) is 0 Å². The normalized spacial score (nSPS) is 39.1. The lowest BCUT2D eigenvalue weighted by molar-refractivity contribution is 0.528. The maximum Gasteiger partial charge on any atom is -0.0143 e. The van der Waals surface area contributed by atoms with Crippen LogP contribution in [0.5, 0.6) is 0 Å². The van der Waals surface area contributed by atoms with Crippen LogP contribution in [0.3, 0.4) is 0 Å². The zero-order chi connectivity index (χ0) is 14.8. The van der Waals surface area contributed by atoms with Crippen molar-refractivity contribution in [3.8, 4) is 0 Å². The minimum absolute atomic E-state index is 0.535. The quantitative estimate of drug-likeness (QED) is 0.444. The van der Waals surface area contributed by atoms with Crippen molar-refractivity contribution in [3.63, 3.8) is 0 Å². The Morgan fingerprint density at radius 3 is 2.05 bits per heavy atom.